The molecule has 72 heavy (non-hydrogen) atoms. The smallest absolute Gasteiger partial charge is 0.333 e. The van der Waals surface area contributed by atoms with Crippen molar-refractivity contribution in [2.24, 2.45) is 0 Å². The molecule has 3 heterocycles. The van der Waals surface area contributed by atoms with Crippen LogP contribution in [0.4, 0.5) is 45.5 Å². The predicted octanol–water partition coefficient (Wildman–Crippen LogP) is 17.1. The molecule has 4 nitrogen and oxygen atoms in total. The summed E-state index contributed by atoms with van der Waals surface area (Å²) in [5.74, 6) is 0. The molecule has 12 aromatic rings. The number of hydrogen-bond donors (Lipinski definition) is 0. The first-order valence-electron chi connectivity index (χ1n) is 24.8. The number of aryl methyl sites for hydroxylation is 1. The predicted molar refractivity (Wildman–Crippen MR) is 303 cm³/mol. The molecule has 5 heteroatoms. The molecular weight excluding hydrogens is 874 g/mol. The van der Waals surface area contributed by atoms with Crippen LogP contribution >= 0.6 is 0 Å². The van der Waals surface area contributed by atoms with Gasteiger partial charge in [0.2, 0.25) is 0 Å². The zero-order chi connectivity index (χ0) is 47.7. The fraction of sp³-hybridized carbons (Fsp3) is 0.0149. The molecule has 0 spiro atoms. The Morgan fingerprint density at radius 1 is 0.389 bits per heavy atom. The molecule has 0 atom stereocenters. The summed E-state index contributed by atoms with van der Waals surface area (Å²) in [6, 6.07) is 94.8. The van der Waals surface area contributed by atoms with Crippen LogP contribution < -0.4 is 25.5 Å². The van der Waals surface area contributed by atoms with Gasteiger partial charge >= 0.3 is 6.85 Å². The van der Waals surface area contributed by atoms with Crippen LogP contribution in [0.1, 0.15) is 5.56 Å². The van der Waals surface area contributed by atoms with Crippen LogP contribution in [0.25, 0.3) is 66.4 Å². The summed E-state index contributed by atoms with van der Waals surface area (Å²) in [6.45, 7) is 1.99. The first-order valence-corrected chi connectivity index (χ1v) is 24.8. The Morgan fingerprint density at radius 3 is 1.57 bits per heavy atom. The molecule has 11 aromatic carbocycles. The van der Waals surface area contributed by atoms with Gasteiger partial charge in [0, 0.05) is 67.9 Å². The second-order valence-electron chi connectivity index (χ2n) is 18.9. The topological polar surface area (TPSA) is 22.9 Å². The van der Waals surface area contributed by atoms with Gasteiger partial charge in [0.25, 0.3) is 0 Å². The summed E-state index contributed by atoms with van der Waals surface area (Å²) in [5, 5.41) is 2.23. The monoisotopic (exact) mass is 919 g/mol. The standard InChI is InChI=1S/C67H46BN3O/c1-45-40-50(47-22-9-3-10-23-47)34-37-59(45)70-61-39-36-54(69(52-27-13-5-14-28-52)53-29-15-6-16-30-53)43-58(61)68-67-62(70)44-64-65(56-32-17-18-33-63(56)72-64)66(67)57-42-51(48-24-11-4-12-25-48)35-38-60(57)71(68)55-31-19-26-49(41-55)46-20-7-2-8-21-46/h2-44H,1H3. The van der Waals surface area contributed by atoms with Crippen LogP contribution in [0, 0.1) is 6.92 Å². The Bertz CT molecular complexity index is 3970. The van der Waals surface area contributed by atoms with Gasteiger partial charge in [-0.3, -0.25) is 0 Å². The maximum Gasteiger partial charge on any atom is 0.333 e. The number of furan rings is 1. The van der Waals surface area contributed by atoms with Crippen molar-refractivity contribution in [1.82, 2.24) is 0 Å². The normalized spacial score (nSPS) is 12.4. The summed E-state index contributed by atoms with van der Waals surface area (Å²) in [5.41, 5.74) is 23.6. The molecule has 0 N–H and O–H groups in total. The molecule has 0 amide bonds. The van der Waals surface area contributed by atoms with E-state index in [4.69, 9.17) is 4.42 Å². The second kappa shape index (κ2) is 17.0. The van der Waals surface area contributed by atoms with E-state index in [1.165, 1.54) is 44.3 Å². The van der Waals surface area contributed by atoms with Crippen LogP contribution in [0.2, 0.25) is 0 Å². The number of hydrogen-bond acceptors (Lipinski definition) is 4. The Morgan fingerprint density at radius 2 is 0.931 bits per heavy atom. The second-order valence-corrected chi connectivity index (χ2v) is 18.9. The Hall–Kier alpha value is -9.32. The lowest BCUT2D eigenvalue weighted by atomic mass is 9.43. The van der Waals surface area contributed by atoms with Gasteiger partial charge in [0.05, 0.1) is 0 Å². The van der Waals surface area contributed by atoms with Gasteiger partial charge in [-0.2, -0.15) is 0 Å². The van der Waals surface area contributed by atoms with Crippen molar-refractivity contribution in [3.8, 4) is 44.5 Å². The maximum atomic E-state index is 7.01. The summed E-state index contributed by atoms with van der Waals surface area (Å²) in [7, 11) is 0. The quantitative estimate of drug-likeness (QED) is 0.142. The summed E-state index contributed by atoms with van der Waals surface area (Å²) < 4.78 is 7.01. The van der Waals surface area contributed by atoms with Gasteiger partial charge in [-0.15, -0.1) is 0 Å². The molecule has 2 aliphatic heterocycles. The van der Waals surface area contributed by atoms with Crippen LogP contribution in [-0.4, -0.2) is 6.85 Å². The minimum absolute atomic E-state index is 0.266. The molecule has 0 unspecified atom stereocenters. The average Bonchev–Trinajstić information content (AvgIpc) is 3.83. The zero-order valence-electron chi connectivity index (χ0n) is 39.7. The van der Waals surface area contributed by atoms with E-state index in [1.54, 1.807) is 0 Å². The number of para-hydroxylation sites is 3. The Balaban J connectivity index is 1.12. The lowest BCUT2D eigenvalue weighted by Gasteiger charge is -2.46. The number of benzene rings is 11. The molecule has 0 saturated heterocycles. The van der Waals surface area contributed by atoms with Crippen LogP contribution in [0.15, 0.2) is 265 Å². The van der Waals surface area contributed by atoms with Crippen molar-refractivity contribution in [2.75, 3.05) is 14.6 Å². The Kier molecular flexibility index (Phi) is 9.82. The molecule has 0 bridgehead atoms. The van der Waals surface area contributed by atoms with Gasteiger partial charge in [-0.25, -0.2) is 0 Å². The van der Waals surface area contributed by atoms with Crippen molar-refractivity contribution < 1.29 is 4.42 Å². The van der Waals surface area contributed by atoms with E-state index >= 15 is 0 Å². The van der Waals surface area contributed by atoms with E-state index in [1.807, 2.05) is 0 Å². The summed E-state index contributed by atoms with van der Waals surface area (Å²) >= 11 is 0. The molecule has 2 aliphatic rings. The van der Waals surface area contributed by atoms with Crippen molar-refractivity contribution in [2.45, 2.75) is 6.92 Å². The van der Waals surface area contributed by atoms with E-state index in [9.17, 15) is 0 Å². The lowest BCUT2D eigenvalue weighted by molar-refractivity contribution is 0.669. The van der Waals surface area contributed by atoms with Crippen molar-refractivity contribution in [1.29, 1.82) is 0 Å². The fourth-order valence-electron chi connectivity index (χ4n) is 11.5. The molecular formula is C67H46BN3O. The largest absolute Gasteiger partial charge is 0.456 e. The first-order chi connectivity index (χ1) is 35.6. The summed E-state index contributed by atoms with van der Waals surface area (Å²) in [6.07, 6.45) is 0. The SMILES string of the molecule is Cc1cc(-c2ccccc2)ccc1N1c2ccc(N(c3ccccc3)c3ccccc3)cc2B2c3c1cc1oc4ccccc4c1c3-c1cc(-c3ccccc3)ccc1N2c1cccc(-c2ccccc2)c1. The van der Waals surface area contributed by atoms with E-state index in [2.05, 4.69) is 282 Å². The molecule has 0 saturated carbocycles. The van der Waals surface area contributed by atoms with E-state index < -0.39 is 0 Å². The minimum Gasteiger partial charge on any atom is -0.456 e. The highest BCUT2D eigenvalue weighted by molar-refractivity contribution is 6.94. The van der Waals surface area contributed by atoms with Crippen LogP contribution in [-0.2, 0) is 0 Å². The zero-order valence-corrected chi connectivity index (χ0v) is 39.7. The van der Waals surface area contributed by atoms with E-state index in [-0.39, 0.29) is 6.85 Å². The molecule has 14 rings (SSSR count). The van der Waals surface area contributed by atoms with Gasteiger partial charge in [-0.05, 0) is 147 Å². The number of anilines is 8. The van der Waals surface area contributed by atoms with Crippen LogP contribution in [0.5, 0.6) is 0 Å². The lowest BCUT2D eigenvalue weighted by Crippen LogP contribution is -2.61. The first kappa shape index (κ1) is 41.6. The molecule has 0 aliphatic carbocycles. The fourth-order valence-corrected chi connectivity index (χ4v) is 11.5. The highest BCUT2D eigenvalue weighted by Crippen LogP contribution is 2.53. The molecule has 0 radical (unpaired) electrons. The summed E-state index contributed by atoms with van der Waals surface area (Å²) in [4.78, 5) is 7.53. The third-order valence-corrected chi connectivity index (χ3v) is 14.7. The van der Waals surface area contributed by atoms with Crippen LogP contribution in [0.3, 0.4) is 0 Å². The van der Waals surface area contributed by atoms with E-state index in [0.717, 1.165) is 84.1 Å². The van der Waals surface area contributed by atoms with Gasteiger partial charge in [-0.1, -0.05) is 170 Å². The number of rotatable bonds is 8. The number of nitrogens with zero attached hydrogens (tertiary/aromatic N) is 3. The molecule has 1 aromatic heterocycles. The van der Waals surface area contributed by atoms with Gasteiger partial charge in [0.15, 0.2) is 0 Å². The number of fused-ring (bicyclic) bond motifs is 8. The third-order valence-electron chi connectivity index (χ3n) is 14.7. The van der Waals surface area contributed by atoms with E-state index in [0.29, 0.717) is 0 Å². The maximum absolute atomic E-state index is 7.01. The molecule has 0 fully saturated rings. The highest BCUT2D eigenvalue weighted by Gasteiger charge is 2.47. The van der Waals surface area contributed by atoms with Gasteiger partial charge < -0.3 is 19.0 Å². The van der Waals surface area contributed by atoms with Crippen molar-refractivity contribution in [3.63, 3.8) is 0 Å². The van der Waals surface area contributed by atoms with Crippen molar-refractivity contribution >= 4 is 85.2 Å². The van der Waals surface area contributed by atoms with Crippen molar-refractivity contribution in [3.05, 3.63) is 266 Å². The third kappa shape index (κ3) is 6.77. The van der Waals surface area contributed by atoms with Gasteiger partial charge in [0.1, 0.15) is 11.2 Å². The average molecular weight is 920 g/mol. The Labute approximate surface area is 420 Å². The molecule has 338 valence electrons. The minimum atomic E-state index is -0.266. The highest BCUT2D eigenvalue weighted by atomic mass is 16.3.